The van der Waals surface area contributed by atoms with E-state index in [1.807, 2.05) is 12.1 Å². The first-order valence-corrected chi connectivity index (χ1v) is 8.98. The number of benzene rings is 2. The number of aliphatic hydroxyl groups is 1. The van der Waals surface area contributed by atoms with Gasteiger partial charge in [-0.25, -0.2) is 4.79 Å². The lowest BCUT2D eigenvalue weighted by molar-refractivity contribution is 0.106. The summed E-state index contributed by atoms with van der Waals surface area (Å²) in [4.78, 5) is 14.2. The van der Waals surface area contributed by atoms with Gasteiger partial charge in [0.25, 0.3) is 0 Å². The fraction of sp³-hybridized carbons (Fsp3) is 0.381. The topological polar surface area (TPSA) is 49.8 Å². The molecule has 1 fully saturated rings. The van der Waals surface area contributed by atoms with E-state index in [1.54, 1.807) is 4.90 Å². The Morgan fingerprint density at radius 3 is 2.36 bits per heavy atom. The summed E-state index contributed by atoms with van der Waals surface area (Å²) in [5.41, 5.74) is 4.94. The molecule has 0 saturated carbocycles. The number of amides is 1. The molecule has 1 amide bonds. The number of fused-ring (bicyclic) bond motifs is 3. The summed E-state index contributed by atoms with van der Waals surface area (Å²) >= 11 is 0. The predicted molar refractivity (Wildman–Crippen MR) is 96.5 cm³/mol. The third-order valence-corrected chi connectivity index (χ3v) is 5.42. The molecule has 2 aromatic carbocycles. The van der Waals surface area contributed by atoms with Crippen LogP contribution in [0.25, 0.3) is 11.1 Å². The Morgan fingerprint density at radius 2 is 1.72 bits per heavy atom. The van der Waals surface area contributed by atoms with E-state index in [0.29, 0.717) is 19.1 Å². The van der Waals surface area contributed by atoms with Crippen molar-refractivity contribution in [1.29, 1.82) is 0 Å². The van der Waals surface area contributed by atoms with Crippen LogP contribution in [0.15, 0.2) is 48.5 Å². The second kappa shape index (κ2) is 6.89. The van der Waals surface area contributed by atoms with Crippen LogP contribution in [-0.4, -0.2) is 42.4 Å². The molecule has 25 heavy (non-hydrogen) atoms. The van der Waals surface area contributed by atoms with E-state index in [0.717, 1.165) is 19.4 Å². The molecule has 1 N–H and O–H groups in total. The van der Waals surface area contributed by atoms with Crippen LogP contribution in [-0.2, 0) is 4.74 Å². The number of carbonyl (C=O) groups is 1. The third kappa shape index (κ3) is 3.02. The van der Waals surface area contributed by atoms with E-state index in [-0.39, 0.29) is 18.6 Å². The molecular formula is C21H23NO3. The number of aliphatic hydroxyl groups excluding tert-OH is 1. The SMILES string of the molecule is O=C(OCC1c2ccccc2-c2ccccc21)N1CC[C@@H](CCO)C1. The van der Waals surface area contributed by atoms with Gasteiger partial charge in [0, 0.05) is 25.6 Å². The molecule has 1 aliphatic heterocycles. The van der Waals surface area contributed by atoms with Crippen molar-refractivity contribution in [3.63, 3.8) is 0 Å². The fourth-order valence-corrected chi connectivity index (χ4v) is 4.10. The van der Waals surface area contributed by atoms with E-state index in [9.17, 15) is 4.79 Å². The number of rotatable bonds is 4. The zero-order valence-corrected chi connectivity index (χ0v) is 14.2. The number of hydrogen-bond acceptors (Lipinski definition) is 3. The third-order valence-electron chi connectivity index (χ3n) is 5.42. The lowest BCUT2D eigenvalue weighted by Crippen LogP contribution is -2.30. The average Bonchev–Trinajstić information content (AvgIpc) is 3.23. The summed E-state index contributed by atoms with van der Waals surface area (Å²) in [6.45, 7) is 1.97. The molecule has 4 rings (SSSR count). The van der Waals surface area contributed by atoms with Crippen molar-refractivity contribution in [3.05, 3.63) is 59.7 Å². The monoisotopic (exact) mass is 337 g/mol. The maximum absolute atomic E-state index is 12.4. The van der Waals surface area contributed by atoms with Crippen LogP contribution in [0, 0.1) is 5.92 Å². The normalized spacial score (nSPS) is 18.9. The van der Waals surface area contributed by atoms with Crippen LogP contribution < -0.4 is 0 Å². The highest BCUT2D eigenvalue weighted by atomic mass is 16.6. The Bertz CT molecular complexity index is 728. The second-order valence-electron chi connectivity index (χ2n) is 6.92. The highest BCUT2D eigenvalue weighted by Gasteiger charge is 2.31. The standard InChI is InChI=1S/C21H23NO3/c23-12-10-15-9-11-22(13-15)21(24)25-14-20-18-7-3-1-5-16(18)17-6-2-4-8-19(17)20/h1-8,15,20,23H,9-14H2/t15-/m0/s1. The minimum Gasteiger partial charge on any atom is -0.448 e. The highest BCUT2D eigenvalue weighted by molar-refractivity contribution is 5.79. The summed E-state index contributed by atoms with van der Waals surface area (Å²) in [6, 6.07) is 16.7. The van der Waals surface area contributed by atoms with E-state index >= 15 is 0 Å². The Balaban J connectivity index is 1.46. The minimum atomic E-state index is -0.234. The van der Waals surface area contributed by atoms with Crippen LogP contribution in [0.2, 0.25) is 0 Å². The molecule has 1 atom stereocenters. The first kappa shape index (κ1) is 16.2. The zero-order valence-electron chi connectivity index (χ0n) is 14.2. The second-order valence-corrected chi connectivity index (χ2v) is 6.92. The van der Waals surface area contributed by atoms with Gasteiger partial charge in [-0.3, -0.25) is 0 Å². The Morgan fingerprint density at radius 1 is 1.08 bits per heavy atom. The lowest BCUT2D eigenvalue weighted by Gasteiger charge is -2.19. The average molecular weight is 337 g/mol. The summed E-state index contributed by atoms with van der Waals surface area (Å²) < 4.78 is 5.67. The predicted octanol–water partition coefficient (Wildman–Crippen LogP) is 3.64. The minimum absolute atomic E-state index is 0.104. The highest BCUT2D eigenvalue weighted by Crippen LogP contribution is 2.44. The Labute approximate surface area is 148 Å². The molecule has 0 radical (unpaired) electrons. The summed E-state index contributed by atoms with van der Waals surface area (Å²) in [7, 11) is 0. The Kier molecular flexibility index (Phi) is 4.45. The van der Waals surface area contributed by atoms with Crippen molar-refractivity contribution in [1.82, 2.24) is 4.90 Å². The fourth-order valence-electron chi connectivity index (χ4n) is 4.10. The van der Waals surface area contributed by atoms with Gasteiger partial charge in [-0.1, -0.05) is 48.5 Å². The van der Waals surface area contributed by atoms with Gasteiger partial charge in [0.15, 0.2) is 0 Å². The van der Waals surface area contributed by atoms with E-state index in [2.05, 4.69) is 36.4 Å². The van der Waals surface area contributed by atoms with Gasteiger partial charge in [0.05, 0.1) is 0 Å². The first-order chi connectivity index (χ1) is 12.3. The van der Waals surface area contributed by atoms with Gasteiger partial charge in [0.2, 0.25) is 0 Å². The molecule has 2 aliphatic rings. The van der Waals surface area contributed by atoms with Crippen molar-refractivity contribution in [2.75, 3.05) is 26.3 Å². The van der Waals surface area contributed by atoms with Crippen molar-refractivity contribution in [2.24, 2.45) is 5.92 Å². The zero-order chi connectivity index (χ0) is 17.2. The number of hydrogen-bond donors (Lipinski definition) is 1. The summed E-state index contributed by atoms with van der Waals surface area (Å²) in [5, 5.41) is 9.05. The first-order valence-electron chi connectivity index (χ1n) is 8.98. The van der Waals surface area contributed by atoms with Gasteiger partial charge in [-0.05, 0) is 41.0 Å². The van der Waals surface area contributed by atoms with Crippen molar-refractivity contribution < 1.29 is 14.6 Å². The molecular weight excluding hydrogens is 314 g/mol. The lowest BCUT2D eigenvalue weighted by atomic mass is 9.98. The van der Waals surface area contributed by atoms with Crippen LogP contribution in [0.1, 0.15) is 29.9 Å². The van der Waals surface area contributed by atoms with E-state index in [4.69, 9.17) is 9.84 Å². The molecule has 0 aromatic heterocycles. The van der Waals surface area contributed by atoms with E-state index in [1.165, 1.54) is 22.3 Å². The summed E-state index contributed by atoms with van der Waals surface area (Å²) in [6.07, 6.45) is 1.47. The van der Waals surface area contributed by atoms with Gasteiger partial charge in [-0.15, -0.1) is 0 Å². The number of ether oxygens (including phenoxy) is 1. The number of nitrogens with zero attached hydrogens (tertiary/aromatic N) is 1. The van der Waals surface area contributed by atoms with Gasteiger partial charge in [0.1, 0.15) is 6.61 Å². The Hall–Kier alpha value is -2.33. The molecule has 1 saturated heterocycles. The van der Waals surface area contributed by atoms with Crippen LogP contribution >= 0.6 is 0 Å². The number of carbonyl (C=O) groups excluding carboxylic acids is 1. The number of likely N-dealkylation sites (tertiary alicyclic amines) is 1. The molecule has 130 valence electrons. The molecule has 4 nitrogen and oxygen atoms in total. The van der Waals surface area contributed by atoms with Crippen LogP contribution in [0.3, 0.4) is 0 Å². The molecule has 1 heterocycles. The van der Waals surface area contributed by atoms with Crippen LogP contribution in [0.4, 0.5) is 4.79 Å². The van der Waals surface area contributed by atoms with Gasteiger partial charge < -0.3 is 14.7 Å². The largest absolute Gasteiger partial charge is 0.448 e. The van der Waals surface area contributed by atoms with Crippen molar-refractivity contribution in [3.8, 4) is 11.1 Å². The van der Waals surface area contributed by atoms with Gasteiger partial charge in [-0.2, -0.15) is 0 Å². The summed E-state index contributed by atoms with van der Waals surface area (Å²) in [5.74, 6) is 0.498. The van der Waals surface area contributed by atoms with E-state index < -0.39 is 0 Å². The maximum atomic E-state index is 12.4. The van der Waals surface area contributed by atoms with Crippen LogP contribution in [0.5, 0.6) is 0 Å². The molecule has 4 heteroatoms. The molecule has 2 aromatic rings. The smallest absolute Gasteiger partial charge is 0.409 e. The van der Waals surface area contributed by atoms with Crippen molar-refractivity contribution in [2.45, 2.75) is 18.8 Å². The van der Waals surface area contributed by atoms with Crippen molar-refractivity contribution >= 4 is 6.09 Å². The quantitative estimate of drug-likeness (QED) is 0.927. The molecule has 0 bridgehead atoms. The maximum Gasteiger partial charge on any atom is 0.409 e. The molecule has 0 unspecified atom stereocenters. The molecule has 1 aliphatic carbocycles. The van der Waals surface area contributed by atoms with Gasteiger partial charge >= 0.3 is 6.09 Å². The molecule has 0 spiro atoms.